The number of benzene rings is 1. The number of fused-ring (bicyclic) bond motifs is 3. The molecule has 0 atom stereocenters. The van der Waals surface area contributed by atoms with Gasteiger partial charge in [0.1, 0.15) is 5.82 Å². The summed E-state index contributed by atoms with van der Waals surface area (Å²) in [6, 6.07) is 10.4. The lowest BCUT2D eigenvalue weighted by Crippen LogP contribution is -2.47. The monoisotopic (exact) mass is 413 g/mol. The maximum Gasteiger partial charge on any atom is 0.165 e. The molecule has 7 heteroatoms. The first-order valence-corrected chi connectivity index (χ1v) is 11.3. The molecule has 0 saturated carbocycles. The van der Waals surface area contributed by atoms with Gasteiger partial charge in [0, 0.05) is 66.8 Å². The first-order chi connectivity index (χ1) is 13.8. The summed E-state index contributed by atoms with van der Waals surface area (Å²) in [7, 11) is 0. The van der Waals surface area contributed by atoms with Crippen LogP contribution in [0.5, 0.6) is 0 Å². The third-order valence-corrected chi connectivity index (χ3v) is 7.05. The number of hydrogen-bond donors (Lipinski definition) is 0. The summed E-state index contributed by atoms with van der Waals surface area (Å²) in [4.78, 5) is 6.44. The van der Waals surface area contributed by atoms with Gasteiger partial charge in [-0.2, -0.15) is 0 Å². The minimum atomic E-state index is 0.796. The third-order valence-electron chi connectivity index (χ3n) is 5.81. The van der Waals surface area contributed by atoms with Crippen molar-refractivity contribution in [3.63, 3.8) is 0 Å². The smallest absolute Gasteiger partial charge is 0.165 e. The van der Waals surface area contributed by atoms with Crippen molar-refractivity contribution in [3.05, 3.63) is 51.4 Å². The van der Waals surface area contributed by atoms with E-state index in [1.807, 2.05) is 23.5 Å². The lowest BCUT2D eigenvalue weighted by molar-refractivity contribution is 0.258. The minimum absolute atomic E-state index is 0.796. The Kier molecular flexibility index (Phi) is 5.09. The Morgan fingerprint density at radius 1 is 0.964 bits per heavy atom. The van der Waals surface area contributed by atoms with Crippen LogP contribution in [0.1, 0.15) is 17.1 Å². The van der Waals surface area contributed by atoms with E-state index < -0.39 is 0 Å². The zero-order valence-corrected chi connectivity index (χ0v) is 17.4. The van der Waals surface area contributed by atoms with E-state index in [-0.39, 0.29) is 0 Å². The number of hydrogen-bond acceptors (Lipinski definition) is 5. The van der Waals surface area contributed by atoms with Crippen LogP contribution in [0.3, 0.4) is 0 Å². The van der Waals surface area contributed by atoms with Crippen LogP contribution in [0.4, 0.5) is 5.69 Å². The summed E-state index contributed by atoms with van der Waals surface area (Å²) in [5, 5.41) is 12.0. The van der Waals surface area contributed by atoms with Crippen LogP contribution in [0.2, 0.25) is 5.02 Å². The number of rotatable bonds is 4. The zero-order valence-electron chi connectivity index (χ0n) is 15.9. The molecule has 146 valence electrons. The van der Waals surface area contributed by atoms with Crippen LogP contribution < -0.4 is 4.90 Å². The first-order valence-electron chi connectivity index (χ1n) is 9.99. The molecule has 0 bridgehead atoms. The molecule has 5 rings (SSSR count). The molecule has 4 heterocycles. The van der Waals surface area contributed by atoms with Crippen LogP contribution in [-0.2, 0) is 19.4 Å². The quantitative estimate of drug-likeness (QED) is 0.648. The predicted molar refractivity (Wildman–Crippen MR) is 115 cm³/mol. The van der Waals surface area contributed by atoms with Gasteiger partial charge in [-0.25, -0.2) is 0 Å². The SMILES string of the molecule is Clc1ccc(N2CCN(CCc3nnc4n3CCCc3sccc3-4)CC2)cc1. The molecule has 5 nitrogen and oxygen atoms in total. The first kappa shape index (κ1) is 18.2. The Bertz CT molecular complexity index is 940. The molecule has 28 heavy (non-hydrogen) atoms. The highest BCUT2D eigenvalue weighted by atomic mass is 35.5. The molecule has 0 unspecified atom stereocenters. The highest BCUT2D eigenvalue weighted by molar-refractivity contribution is 7.10. The van der Waals surface area contributed by atoms with Gasteiger partial charge in [-0.1, -0.05) is 11.6 Å². The average molecular weight is 414 g/mol. The van der Waals surface area contributed by atoms with Gasteiger partial charge < -0.3 is 9.47 Å². The summed E-state index contributed by atoms with van der Waals surface area (Å²) < 4.78 is 2.35. The Morgan fingerprint density at radius 2 is 1.79 bits per heavy atom. The normalized spacial score (nSPS) is 17.2. The molecule has 2 aliphatic heterocycles. The van der Waals surface area contributed by atoms with Crippen LogP contribution in [-0.4, -0.2) is 52.4 Å². The third kappa shape index (κ3) is 3.56. The van der Waals surface area contributed by atoms with Gasteiger partial charge in [0.2, 0.25) is 0 Å². The summed E-state index contributed by atoms with van der Waals surface area (Å²) >= 11 is 7.85. The number of thiophene rings is 1. The van der Waals surface area contributed by atoms with Crippen LogP contribution in [0.25, 0.3) is 11.4 Å². The molecular weight excluding hydrogens is 390 g/mol. The van der Waals surface area contributed by atoms with Crippen molar-refractivity contribution in [2.75, 3.05) is 37.6 Å². The molecule has 2 aromatic heterocycles. The Labute approximate surface area is 174 Å². The van der Waals surface area contributed by atoms with E-state index >= 15 is 0 Å². The Hall–Kier alpha value is -1.89. The summed E-state index contributed by atoms with van der Waals surface area (Å²) in [5.41, 5.74) is 2.55. The molecule has 0 N–H and O–H groups in total. The predicted octanol–water partition coefficient (Wildman–Crippen LogP) is 3.97. The number of anilines is 1. The van der Waals surface area contributed by atoms with Crippen molar-refractivity contribution in [1.29, 1.82) is 0 Å². The standard InChI is InChI=1S/C21H24ClN5S/c22-16-3-5-17(6-4-16)26-13-11-25(12-14-26)10-7-20-23-24-21-18-8-15-28-19(18)2-1-9-27(20)21/h3-6,8,15H,1-2,7,9-14H2. The van der Waals surface area contributed by atoms with Crippen molar-refractivity contribution < 1.29 is 0 Å². The molecule has 0 radical (unpaired) electrons. The van der Waals surface area contributed by atoms with Crippen molar-refractivity contribution >= 4 is 28.6 Å². The molecular formula is C21H24ClN5S. The second-order valence-corrected chi connectivity index (χ2v) is 8.94. The minimum Gasteiger partial charge on any atom is -0.369 e. The lowest BCUT2D eigenvalue weighted by atomic mass is 10.2. The van der Waals surface area contributed by atoms with Crippen LogP contribution in [0.15, 0.2) is 35.7 Å². The van der Waals surface area contributed by atoms with E-state index in [4.69, 9.17) is 11.6 Å². The lowest BCUT2D eigenvalue weighted by Gasteiger charge is -2.36. The molecule has 2 aliphatic rings. The fraction of sp³-hybridized carbons (Fsp3) is 0.429. The molecule has 1 fully saturated rings. The van der Waals surface area contributed by atoms with E-state index in [0.29, 0.717) is 0 Å². The highest BCUT2D eigenvalue weighted by Gasteiger charge is 2.22. The van der Waals surface area contributed by atoms with Crippen LogP contribution in [0, 0.1) is 0 Å². The van der Waals surface area contributed by atoms with Crippen molar-refractivity contribution in [2.24, 2.45) is 0 Å². The van der Waals surface area contributed by atoms with Crippen molar-refractivity contribution in [3.8, 4) is 11.4 Å². The van der Waals surface area contributed by atoms with Gasteiger partial charge in [0.15, 0.2) is 5.82 Å². The second kappa shape index (κ2) is 7.85. The topological polar surface area (TPSA) is 37.2 Å². The maximum absolute atomic E-state index is 6.01. The van der Waals surface area contributed by atoms with Crippen molar-refractivity contribution in [2.45, 2.75) is 25.8 Å². The molecule has 3 aromatic rings. The second-order valence-electron chi connectivity index (χ2n) is 7.51. The summed E-state index contributed by atoms with van der Waals surface area (Å²) in [6.45, 7) is 6.35. The molecule has 0 amide bonds. The van der Waals surface area contributed by atoms with Gasteiger partial charge in [0.25, 0.3) is 0 Å². The highest BCUT2D eigenvalue weighted by Crippen LogP contribution is 2.31. The number of aromatic nitrogens is 3. The Morgan fingerprint density at radius 3 is 2.61 bits per heavy atom. The number of piperazine rings is 1. The van der Waals surface area contributed by atoms with E-state index in [9.17, 15) is 0 Å². The molecule has 1 aromatic carbocycles. The molecule has 0 spiro atoms. The van der Waals surface area contributed by atoms with E-state index in [2.05, 4.69) is 48.1 Å². The van der Waals surface area contributed by atoms with Crippen molar-refractivity contribution in [1.82, 2.24) is 19.7 Å². The van der Waals surface area contributed by atoms with E-state index in [0.717, 1.165) is 68.8 Å². The van der Waals surface area contributed by atoms with Gasteiger partial charge in [-0.3, -0.25) is 4.90 Å². The Balaban J connectivity index is 1.20. The molecule has 0 aliphatic carbocycles. The van der Waals surface area contributed by atoms with Crippen LogP contribution >= 0.6 is 22.9 Å². The van der Waals surface area contributed by atoms with Gasteiger partial charge in [0.05, 0.1) is 0 Å². The molecule has 1 saturated heterocycles. The number of nitrogens with zero attached hydrogens (tertiary/aromatic N) is 5. The van der Waals surface area contributed by atoms with E-state index in [1.54, 1.807) is 0 Å². The van der Waals surface area contributed by atoms with Gasteiger partial charge in [-0.05, 0) is 48.6 Å². The largest absolute Gasteiger partial charge is 0.369 e. The number of halogens is 1. The van der Waals surface area contributed by atoms with Gasteiger partial charge in [-0.15, -0.1) is 21.5 Å². The average Bonchev–Trinajstić information content (AvgIpc) is 3.31. The fourth-order valence-corrected chi connectivity index (χ4v) is 5.27. The summed E-state index contributed by atoms with van der Waals surface area (Å²) in [6.07, 6.45) is 3.29. The van der Waals surface area contributed by atoms with Gasteiger partial charge >= 0.3 is 0 Å². The fourth-order valence-electron chi connectivity index (χ4n) is 4.23. The number of aryl methyl sites for hydroxylation is 1. The van der Waals surface area contributed by atoms with E-state index in [1.165, 1.54) is 22.5 Å². The maximum atomic E-state index is 6.01. The summed E-state index contributed by atoms with van der Waals surface area (Å²) in [5.74, 6) is 2.20. The zero-order chi connectivity index (χ0) is 18.9.